The zero-order chi connectivity index (χ0) is 18.1. The number of ether oxygens (including phenoxy) is 1. The highest BCUT2D eigenvalue weighted by atomic mass is 16.5. The minimum atomic E-state index is -0.709. The van der Waals surface area contributed by atoms with Gasteiger partial charge in [0.2, 0.25) is 5.91 Å². The first-order valence-corrected chi connectivity index (χ1v) is 7.94. The third kappa shape index (κ3) is 3.00. The average Bonchev–Trinajstić information content (AvgIpc) is 3.02. The standard InChI is InChI=1S/C18H18N2O5/c1-4-24-18(23)12-6-7-14-13(9-12)19-16(21)11(3)20(14)17(22)15-8-5-10(2)25-15/h5-9,11H,4H2,1-3H3,(H,19,21)/t11-/m1/s1. The average molecular weight is 342 g/mol. The van der Waals surface area contributed by atoms with Crippen LogP contribution in [0.15, 0.2) is 34.7 Å². The Morgan fingerprint density at radius 3 is 2.68 bits per heavy atom. The first kappa shape index (κ1) is 16.8. The van der Waals surface area contributed by atoms with Gasteiger partial charge in [-0.1, -0.05) is 0 Å². The summed E-state index contributed by atoms with van der Waals surface area (Å²) in [4.78, 5) is 38.3. The maximum atomic E-state index is 12.8. The predicted octanol–water partition coefficient (Wildman–Crippen LogP) is 2.75. The van der Waals surface area contributed by atoms with E-state index in [9.17, 15) is 14.4 Å². The van der Waals surface area contributed by atoms with E-state index >= 15 is 0 Å². The molecule has 0 bridgehead atoms. The topological polar surface area (TPSA) is 88.9 Å². The number of nitrogens with zero attached hydrogens (tertiary/aromatic N) is 1. The van der Waals surface area contributed by atoms with Crippen LogP contribution < -0.4 is 10.2 Å². The number of esters is 1. The molecule has 1 aliphatic heterocycles. The summed E-state index contributed by atoms with van der Waals surface area (Å²) in [5.74, 6) is -0.488. The fraction of sp³-hybridized carbons (Fsp3) is 0.278. The quantitative estimate of drug-likeness (QED) is 0.867. The molecule has 7 nitrogen and oxygen atoms in total. The molecular formula is C18H18N2O5. The van der Waals surface area contributed by atoms with E-state index in [2.05, 4.69) is 5.32 Å². The van der Waals surface area contributed by atoms with Crippen LogP contribution in [0.25, 0.3) is 0 Å². The number of carbonyl (C=O) groups excluding carboxylic acids is 3. The number of hydrogen-bond acceptors (Lipinski definition) is 5. The molecule has 25 heavy (non-hydrogen) atoms. The fourth-order valence-electron chi connectivity index (χ4n) is 2.70. The number of nitrogens with one attached hydrogen (secondary N) is 1. The molecule has 1 atom stereocenters. The van der Waals surface area contributed by atoms with E-state index in [0.717, 1.165) is 0 Å². The molecule has 0 aliphatic carbocycles. The molecule has 1 aromatic carbocycles. The van der Waals surface area contributed by atoms with Crippen molar-refractivity contribution in [1.82, 2.24) is 0 Å². The number of hydrogen-bond donors (Lipinski definition) is 1. The lowest BCUT2D eigenvalue weighted by molar-refractivity contribution is -0.117. The molecule has 3 rings (SSSR count). The van der Waals surface area contributed by atoms with Crippen LogP contribution >= 0.6 is 0 Å². The first-order chi connectivity index (χ1) is 11.9. The number of aryl methyl sites for hydroxylation is 1. The SMILES string of the molecule is CCOC(=O)c1ccc2c(c1)NC(=O)[C@@H](C)N2C(=O)c1ccc(C)o1. The minimum absolute atomic E-state index is 0.152. The summed E-state index contributed by atoms with van der Waals surface area (Å²) in [6.07, 6.45) is 0. The molecule has 7 heteroatoms. The van der Waals surface area contributed by atoms with Crippen molar-refractivity contribution in [3.8, 4) is 0 Å². The molecule has 0 unspecified atom stereocenters. The van der Waals surface area contributed by atoms with E-state index in [1.54, 1.807) is 45.0 Å². The van der Waals surface area contributed by atoms with Crippen LogP contribution in [-0.4, -0.2) is 30.4 Å². The zero-order valence-corrected chi connectivity index (χ0v) is 14.2. The predicted molar refractivity (Wildman–Crippen MR) is 90.7 cm³/mol. The summed E-state index contributed by atoms with van der Waals surface area (Å²) in [5, 5.41) is 2.72. The number of furan rings is 1. The molecule has 1 aromatic heterocycles. The van der Waals surface area contributed by atoms with Gasteiger partial charge in [0.1, 0.15) is 11.8 Å². The van der Waals surface area contributed by atoms with Gasteiger partial charge in [0.15, 0.2) is 5.76 Å². The van der Waals surface area contributed by atoms with Crippen LogP contribution in [0, 0.1) is 6.92 Å². The Morgan fingerprint density at radius 1 is 1.28 bits per heavy atom. The van der Waals surface area contributed by atoms with Crippen molar-refractivity contribution >= 4 is 29.2 Å². The summed E-state index contributed by atoms with van der Waals surface area (Å²) in [5.41, 5.74) is 1.18. The molecule has 0 saturated carbocycles. The number of amides is 2. The van der Waals surface area contributed by atoms with E-state index in [0.29, 0.717) is 22.7 Å². The smallest absolute Gasteiger partial charge is 0.338 e. The number of benzene rings is 1. The molecule has 0 spiro atoms. The maximum Gasteiger partial charge on any atom is 0.338 e. The Kier molecular flexibility index (Phi) is 4.31. The highest BCUT2D eigenvalue weighted by Crippen LogP contribution is 2.34. The zero-order valence-electron chi connectivity index (χ0n) is 14.2. The van der Waals surface area contributed by atoms with Gasteiger partial charge in [0.25, 0.3) is 5.91 Å². The highest BCUT2D eigenvalue weighted by molar-refractivity contribution is 6.16. The van der Waals surface area contributed by atoms with Crippen LogP contribution in [0.4, 0.5) is 11.4 Å². The van der Waals surface area contributed by atoms with Crippen molar-refractivity contribution in [3.05, 3.63) is 47.4 Å². The summed E-state index contributed by atoms with van der Waals surface area (Å²) >= 11 is 0. The van der Waals surface area contributed by atoms with Crippen molar-refractivity contribution in [2.24, 2.45) is 0 Å². The van der Waals surface area contributed by atoms with Crippen LogP contribution in [-0.2, 0) is 9.53 Å². The Labute approximate surface area is 144 Å². The Bertz CT molecular complexity index is 855. The summed E-state index contributed by atoms with van der Waals surface area (Å²) < 4.78 is 10.4. The van der Waals surface area contributed by atoms with Gasteiger partial charge in [0, 0.05) is 0 Å². The third-order valence-electron chi connectivity index (χ3n) is 3.96. The van der Waals surface area contributed by atoms with E-state index in [1.807, 2.05) is 0 Å². The summed E-state index contributed by atoms with van der Waals surface area (Å²) in [6.45, 7) is 5.33. The van der Waals surface area contributed by atoms with Crippen molar-refractivity contribution in [2.75, 3.05) is 16.8 Å². The van der Waals surface area contributed by atoms with Gasteiger partial charge in [-0.25, -0.2) is 4.79 Å². The molecule has 2 aromatic rings. The molecule has 0 radical (unpaired) electrons. The minimum Gasteiger partial charge on any atom is -0.462 e. The van der Waals surface area contributed by atoms with Gasteiger partial charge in [0.05, 0.1) is 23.5 Å². The number of fused-ring (bicyclic) bond motifs is 1. The van der Waals surface area contributed by atoms with Crippen molar-refractivity contribution < 1.29 is 23.5 Å². The van der Waals surface area contributed by atoms with Gasteiger partial charge >= 0.3 is 5.97 Å². The van der Waals surface area contributed by atoms with Crippen LogP contribution in [0.2, 0.25) is 0 Å². The lowest BCUT2D eigenvalue weighted by Gasteiger charge is -2.34. The second-order valence-corrected chi connectivity index (χ2v) is 5.70. The Hall–Kier alpha value is -3.09. The summed E-state index contributed by atoms with van der Waals surface area (Å²) in [7, 11) is 0. The molecule has 2 amide bonds. The summed E-state index contributed by atoms with van der Waals surface area (Å²) in [6, 6.07) is 7.24. The van der Waals surface area contributed by atoms with Crippen molar-refractivity contribution in [1.29, 1.82) is 0 Å². The molecule has 0 saturated heterocycles. The van der Waals surface area contributed by atoms with Gasteiger partial charge in [-0.2, -0.15) is 0 Å². The fourth-order valence-corrected chi connectivity index (χ4v) is 2.70. The molecule has 2 heterocycles. The first-order valence-electron chi connectivity index (χ1n) is 7.94. The van der Waals surface area contributed by atoms with Gasteiger partial charge < -0.3 is 14.5 Å². The Balaban J connectivity index is 2.02. The van der Waals surface area contributed by atoms with E-state index < -0.39 is 17.9 Å². The lowest BCUT2D eigenvalue weighted by Crippen LogP contribution is -2.49. The maximum absolute atomic E-state index is 12.8. The molecular weight excluding hydrogens is 324 g/mol. The van der Waals surface area contributed by atoms with Gasteiger partial charge in [-0.15, -0.1) is 0 Å². The highest BCUT2D eigenvalue weighted by Gasteiger charge is 2.35. The Morgan fingerprint density at radius 2 is 2.04 bits per heavy atom. The third-order valence-corrected chi connectivity index (χ3v) is 3.96. The number of anilines is 2. The molecule has 0 fully saturated rings. The van der Waals surface area contributed by atoms with E-state index in [1.165, 1.54) is 11.0 Å². The largest absolute Gasteiger partial charge is 0.462 e. The second kappa shape index (κ2) is 6.43. The van der Waals surface area contributed by atoms with Crippen molar-refractivity contribution in [3.63, 3.8) is 0 Å². The van der Waals surface area contributed by atoms with Crippen molar-refractivity contribution in [2.45, 2.75) is 26.8 Å². The van der Waals surface area contributed by atoms with Crippen LogP contribution in [0.3, 0.4) is 0 Å². The monoisotopic (exact) mass is 342 g/mol. The van der Waals surface area contributed by atoms with E-state index in [-0.39, 0.29) is 18.3 Å². The van der Waals surface area contributed by atoms with Crippen LogP contribution in [0.1, 0.15) is 40.5 Å². The van der Waals surface area contributed by atoms with Gasteiger partial charge in [-0.3, -0.25) is 14.5 Å². The number of rotatable bonds is 3. The molecule has 130 valence electrons. The van der Waals surface area contributed by atoms with Crippen LogP contribution in [0.5, 0.6) is 0 Å². The van der Waals surface area contributed by atoms with Gasteiger partial charge in [-0.05, 0) is 51.1 Å². The van der Waals surface area contributed by atoms with E-state index in [4.69, 9.17) is 9.15 Å². The lowest BCUT2D eigenvalue weighted by atomic mass is 10.1. The molecule has 1 aliphatic rings. The molecule has 1 N–H and O–H groups in total. The second-order valence-electron chi connectivity index (χ2n) is 5.70. The normalized spacial score (nSPS) is 16.2. The number of carbonyl (C=O) groups is 3.